The molecule has 0 radical (unpaired) electrons. The van der Waals surface area contributed by atoms with Crippen molar-refractivity contribution in [2.24, 2.45) is 5.41 Å². The molecule has 2 heterocycles. The number of piperidine rings is 1. The Morgan fingerprint density at radius 2 is 2.12 bits per heavy atom. The zero-order valence-corrected chi connectivity index (χ0v) is 11.3. The van der Waals surface area contributed by atoms with Gasteiger partial charge in [-0.15, -0.1) is 0 Å². The summed E-state index contributed by atoms with van der Waals surface area (Å²) < 4.78 is 5.43. The smallest absolute Gasteiger partial charge is 0.410 e. The van der Waals surface area contributed by atoms with Crippen LogP contribution < -0.4 is 5.32 Å². The number of nitrogens with zero attached hydrogens (tertiary/aromatic N) is 1. The maximum Gasteiger partial charge on any atom is 0.410 e. The van der Waals surface area contributed by atoms with Crippen LogP contribution in [0.2, 0.25) is 0 Å². The molecule has 0 aromatic rings. The van der Waals surface area contributed by atoms with Crippen LogP contribution in [-0.4, -0.2) is 42.8 Å². The molecule has 1 spiro atoms. The molecule has 2 rings (SSSR count). The average molecular weight is 241 g/mol. The van der Waals surface area contributed by atoms with E-state index in [1.165, 1.54) is 25.9 Å². The van der Waals surface area contributed by atoms with Gasteiger partial charge in [0.05, 0.1) is 13.1 Å². The Hall–Kier alpha value is -0.770. The minimum Gasteiger partial charge on any atom is -0.444 e. The summed E-state index contributed by atoms with van der Waals surface area (Å²) in [4.78, 5) is 13.9. The van der Waals surface area contributed by atoms with E-state index in [2.05, 4.69) is 5.32 Å². The van der Waals surface area contributed by atoms with Crippen LogP contribution in [0.1, 0.15) is 40.0 Å². The van der Waals surface area contributed by atoms with Crippen LogP contribution in [0.15, 0.2) is 0 Å². The van der Waals surface area contributed by atoms with Gasteiger partial charge in [0.2, 0.25) is 0 Å². The third-order valence-electron chi connectivity index (χ3n) is 3.78. The number of hydrogen-bond acceptors (Lipinski definition) is 2. The number of likely N-dealkylation sites (tertiary alicyclic amines) is 1. The van der Waals surface area contributed by atoms with Crippen molar-refractivity contribution in [1.82, 2.24) is 4.90 Å². The van der Waals surface area contributed by atoms with Crippen molar-refractivity contribution in [2.45, 2.75) is 45.6 Å². The second-order valence-corrected chi connectivity index (χ2v) is 6.54. The summed E-state index contributed by atoms with van der Waals surface area (Å²) in [5, 5.41) is 2.39. The lowest BCUT2D eigenvalue weighted by Gasteiger charge is -2.31. The molecule has 2 fully saturated rings. The van der Waals surface area contributed by atoms with E-state index in [1.807, 2.05) is 25.7 Å². The van der Waals surface area contributed by atoms with Gasteiger partial charge >= 0.3 is 6.09 Å². The average Bonchev–Trinajstić information content (AvgIpc) is 2.61. The van der Waals surface area contributed by atoms with Crippen LogP contribution in [0, 0.1) is 5.41 Å². The van der Waals surface area contributed by atoms with Gasteiger partial charge in [-0.2, -0.15) is 0 Å². The molecule has 1 atom stereocenters. The van der Waals surface area contributed by atoms with Gasteiger partial charge in [0.15, 0.2) is 0 Å². The van der Waals surface area contributed by atoms with E-state index in [0.29, 0.717) is 5.41 Å². The van der Waals surface area contributed by atoms with Crippen molar-refractivity contribution < 1.29 is 14.8 Å². The molecule has 4 nitrogen and oxygen atoms in total. The molecule has 0 bridgehead atoms. The minimum atomic E-state index is -0.383. The summed E-state index contributed by atoms with van der Waals surface area (Å²) in [6.45, 7) is 9.93. The monoisotopic (exact) mass is 241 g/mol. The van der Waals surface area contributed by atoms with Gasteiger partial charge < -0.3 is 15.0 Å². The van der Waals surface area contributed by atoms with Crippen LogP contribution in [0.3, 0.4) is 0 Å². The fourth-order valence-electron chi connectivity index (χ4n) is 2.92. The summed E-state index contributed by atoms with van der Waals surface area (Å²) in [5.74, 6) is 0. The quantitative estimate of drug-likeness (QED) is 0.687. The Morgan fingerprint density at radius 1 is 1.35 bits per heavy atom. The molecular formula is C13H25N2O2+. The van der Waals surface area contributed by atoms with Gasteiger partial charge in [0.1, 0.15) is 5.60 Å². The zero-order valence-electron chi connectivity index (χ0n) is 11.3. The van der Waals surface area contributed by atoms with Gasteiger partial charge in [-0.3, -0.25) is 0 Å². The first-order valence-corrected chi connectivity index (χ1v) is 6.70. The molecule has 0 aromatic heterocycles. The van der Waals surface area contributed by atoms with E-state index in [1.54, 1.807) is 0 Å². The van der Waals surface area contributed by atoms with Crippen LogP contribution in [0.4, 0.5) is 4.79 Å². The normalized spacial score (nSPS) is 29.7. The molecule has 17 heavy (non-hydrogen) atoms. The number of carbonyl (C=O) groups is 1. The van der Waals surface area contributed by atoms with E-state index in [0.717, 1.165) is 19.5 Å². The number of rotatable bonds is 0. The summed E-state index contributed by atoms with van der Waals surface area (Å²) in [6, 6.07) is 0. The van der Waals surface area contributed by atoms with Gasteiger partial charge in [-0.05, 0) is 40.0 Å². The lowest BCUT2D eigenvalue weighted by Crippen LogP contribution is -2.89. The first-order valence-electron chi connectivity index (χ1n) is 6.70. The van der Waals surface area contributed by atoms with Gasteiger partial charge in [0, 0.05) is 18.5 Å². The van der Waals surface area contributed by atoms with Crippen molar-refractivity contribution in [3.63, 3.8) is 0 Å². The number of carbonyl (C=O) groups excluding carboxylic acids is 1. The number of hydrogen-bond donors (Lipinski definition) is 1. The Morgan fingerprint density at radius 3 is 2.71 bits per heavy atom. The second-order valence-electron chi connectivity index (χ2n) is 6.54. The highest BCUT2D eigenvalue weighted by Gasteiger charge is 2.43. The first kappa shape index (κ1) is 12.7. The highest BCUT2D eigenvalue weighted by atomic mass is 16.6. The molecule has 4 heteroatoms. The molecule has 1 amide bonds. The summed E-state index contributed by atoms with van der Waals surface area (Å²) >= 11 is 0. The summed E-state index contributed by atoms with van der Waals surface area (Å²) in [5.41, 5.74) is -0.0132. The van der Waals surface area contributed by atoms with E-state index in [-0.39, 0.29) is 11.7 Å². The van der Waals surface area contributed by atoms with Crippen LogP contribution >= 0.6 is 0 Å². The molecule has 0 aromatic carbocycles. The van der Waals surface area contributed by atoms with E-state index >= 15 is 0 Å². The van der Waals surface area contributed by atoms with E-state index < -0.39 is 0 Å². The van der Waals surface area contributed by atoms with Crippen molar-refractivity contribution in [3.8, 4) is 0 Å². The third kappa shape index (κ3) is 3.12. The van der Waals surface area contributed by atoms with Gasteiger partial charge in [0.25, 0.3) is 0 Å². The second kappa shape index (κ2) is 4.48. The maximum atomic E-state index is 12.0. The predicted molar refractivity (Wildman–Crippen MR) is 65.8 cm³/mol. The highest BCUT2D eigenvalue weighted by molar-refractivity contribution is 5.68. The number of nitrogens with two attached hydrogens (primary N) is 1. The van der Waals surface area contributed by atoms with Crippen LogP contribution in [-0.2, 0) is 4.74 Å². The molecule has 2 N–H and O–H groups in total. The maximum absolute atomic E-state index is 12.0. The van der Waals surface area contributed by atoms with Crippen molar-refractivity contribution in [1.29, 1.82) is 0 Å². The highest BCUT2D eigenvalue weighted by Crippen LogP contribution is 2.35. The van der Waals surface area contributed by atoms with Crippen molar-refractivity contribution in [3.05, 3.63) is 0 Å². The van der Waals surface area contributed by atoms with Crippen LogP contribution in [0.5, 0.6) is 0 Å². The Labute approximate surface area is 104 Å². The lowest BCUT2D eigenvalue weighted by atomic mass is 9.80. The number of quaternary nitrogens is 1. The zero-order chi connectivity index (χ0) is 12.5. The van der Waals surface area contributed by atoms with Crippen molar-refractivity contribution >= 4 is 6.09 Å². The molecule has 98 valence electrons. The standard InChI is InChI=1S/C13H24N2O2/c1-12(2,3)17-11(16)15-8-6-13(10-15)5-4-7-14-9-13/h14H,4-10H2,1-3H3/p+1/t13-/m1/s1. The Balaban J connectivity index is 1.91. The molecule has 2 aliphatic rings. The minimum absolute atomic E-state index is 0.139. The molecule has 0 unspecified atom stereocenters. The number of amides is 1. The summed E-state index contributed by atoms with van der Waals surface area (Å²) in [7, 11) is 0. The van der Waals surface area contributed by atoms with E-state index in [4.69, 9.17) is 4.74 Å². The number of ether oxygens (including phenoxy) is 1. The fourth-order valence-corrected chi connectivity index (χ4v) is 2.92. The molecular weight excluding hydrogens is 216 g/mol. The van der Waals surface area contributed by atoms with Crippen LogP contribution in [0.25, 0.3) is 0 Å². The first-order chi connectivity index (χ1) is 7.90. The van der Waals surface area contributed by atoms with Gasteiger partial charge in [-0.1, -0.05) is 0 Å². The summed E-state index contributed by atoms with van der Waals surface area (Å²) in [6.07, 6.45) is 3.55. The van der Waals surface area contributed by atoms with Gasteiger partial charge in [-0.25, -0.2) is 4.79 Å². The molecule has 0 saturated carbocycles. The van der Waals surface area contributed by atoms with E-state index in [9.17, 15) is 4.79 Å². The Kier molecular flexibility index (Phi) is 3.34. The third-order valence-corrected chi connectivity index (χ3v) is 3.78. The predicted octanol–water partition coefficient (Wildman–Crippen LogP) is 0.971. The lowest BCUT2D eigenvalue weighted by molar-refractivity contribution is -0.675. The molecule has 2 saturated heterocycles. The molecule has 0 aliphatic carbocycles. The fraction of sp³-hybridized carbons (Fsp3) is 0.923. The molecule has 2 aliphatic heterocycles. The SMILES string of the molecule is CC(C)(C)OC(=O)N1CC[C@@]2(CCC[NH2+]C2)C1. The largest absolute Gasteiger partial charge is 0.444 e. The topological polar surface area (TPSA) is 46.1 Å². The Bertz CT molecular complexity index is 290. The van der Waals surface area contributed by atoms with Crippen molar-refractivity contribution in [2.75, 3.05) is 26.2 Å².